The highest BCUT2D eigenvalue weighted by Crippen LogP contribution is 2.34. The van der Waals surface area contributed by atoms with Gasteiger partial charge in [-0.2, -0.15) is 4.39 Å². The van der Waals surface area contributed by atoms with E-state index in [-0.39, 0.29) is 23.3 Å². The number of nitrogens with zero attached hydrogens (tertiary/aromatic N) is 3. The number of pyridine rings is 1. The summed E-state index contributed by atoms with van der Waals surface area (Å²) in [5, 5.41) is 0. The van der Waals surface area contributed by atoms with E-state index >= 15 is 0 Å². The molecule has 1 fully saturated rings. The molecule has 0 N–H and O–H groups in total. The molecule has 1 saturated carbocycles. The lowest BCUT2D eigenvalue weighted by molar-refractivity contribution is 0.0593. The summed E-state index contributed by atoms with van der Waals surface area (Å²) in [4.78, 5) is 33.1. The zero-order valence-corrected chi connectivity index (χ0v) is 15.1. The molecule has 1 aliphatic heterocycles. The Morgan fingerprint density at radius 1 is 1.35 bits per heavy atom. The van der Waals surface area contributed by atoms with E-state index in [9.17, 15) is 14.0 Å². The average Bonchev–Trinajstić information content (AvgIpc) is 3.01. The van der Waals surface area contributed by atoms with Crippen molar-refractivity contribution in [3.8, 4) is 0 Å². The number of carbonyl (C=O) groups is 2. The van der Waals surface area contributed by atoms with Crippen LogP contribution in [0.15, 0.2) is 28.9 Å². The molecule has 1 amide bonds. The normalized spacial score (nSPS) is 21.8. The molecule has 1 aromatic rings. The Morgan fingerprint density at radius 3 is 2.77 bits per heavy atom. The third-order valence-electron chi connectivity index (χ3n) is 4.37. The number of amides is 1. The molecule has 1 aliphatic carbocycles. The van der Waals surface area contributed by atoms with Gasteiger partial charge >= 0.3 is 6.09 Å². The first-order chi connectivity index (χ1) is 12.3. The van der Waals surface area contributed by atoms with Crippen molar-refractivity contribution in [2.45, 2.75) is 51.7 Å². The smallest absolute Gasteiger partial charge is 0.420 e. The van der Waals surface area contributed by atoms with Gasteiger partial charge in [-0.25, -0.2) is 14.7 Å². The highest BCUT2D eigenvalue weighted by Gasteiger charge is 2.33. The number of dihydropyridines is 1. The number of anilines is 1. The Hall–Kier alpha value is -2.57. The Kier molecular flexibility index (Phi) is 4.89. The monoisotopic (exact) mass is 359 g/mol. The molecule has 138 valence electrons. The highest BCUT2D eigenvalue weighted by molar-refractivity contribution is 6.00. The Balaban J connectivity index is 1.99. The summed E-state index contributed by atoms with van der Waals surface area (Å²) in [5.74, 6) is -0.631. The fraction of sp³-hybridized carbons (Fsp3) is 0.474. The van der Waals surface area contributed by atoms with Crippen molar-refractivity contribution in [1.29, 1.82) is 0 Å². The first kappa shape index (κ1) is 18.2. The van der Waals surface area contributed by atoms with E-state index in [1.165, 1.54) is 17.0 Å². The number of aliphatic imine (C=N–C) groups is 1. The van der Waals surface area contributed by atoms with Crippen LogP contribution >= 0.6 is 0 Å². The van der Waals surface area contributed by atoms with Crippen LogP contribution in [-0.2, 0) is 4.74 Å². The molecule has 0 aromatic carbocycles. The van der Waals surface area contributed by atoms with E-state index in [1.54, 1.807) is 27.0 Å². The van der Waals surface area contributed by atoms with Crippen LogP contribution < -0.4 is 4.90 Å². The molecule has 26 heavy (non-hydrogen) atoms. The molecule has 2 unspecified atom stereocenters. The van der Waals surface area contributed by atoms with Gasteiger partial charge < -0.3 is 4.74 Å². The maximum Gasteiger partial charge on any atom is 0.420 e. The molecule has 7 heteroatoms. The topological polar surface area (TPSA) is 71.9 Å². The van der Waals surface area contributed by atoms with Gasteiger partial charge in [-0.1, -0.05) is 12.5 Å². The van der Waals surface area contributed by atoms with Crippen LogP contribution in [0.2, 0.25) is 0 Å². The summed E-state index contributed by atoms with van der Waals surface area (Å²) < 4.78 is 19.5. The van der Waals surface area contributed by atoms with Gasteiger partial charge in [-0.15, -0.1) is 0 Å². The Bertz CT molecular complexity index is 783. The van der Waals surface area contributed by atoms with Crippen molar-refractivity contribution < 1.29 is 18.7 Å². The second kappa shape index (κ2) is 6.97. The Morgan fingerprint density at radius 2 is 2.12 bits per heavy atom. The summed E-state index contributed by atoms with van der Waals surface area (Å²) in [6.07, 6.45) is 6.42. The van der Waals surface area contributed by atoms with E-state index in [0.29, 0.717) is 12.0 Å². The maximum atomic E-state index is 14.0. The first-order valence-electron chi connectivity index (χ1n) is 8.68. The molecule has 0 radical (unpaired) electrons. The minimum atomic E-state index is -0.932. The van der Waals surface area contributed by atoms with Crippen LogP contribution in [0.5, 0.6) is 0 Å². The average molecular weight is 359 g/mol. The van der Waals surface area contributed by atoms with Crippen LogP contribution in [0, 0.1) is 11.9 Å². The van der Waals surface area contributed by atoms with Gasteiger partial charge in [0.2, 0.25) is 5.95 Å². The highest BCUT2D eigenvalue weighted by atomic mass is 19.1. The molecule has 2 heterocycles. The molecule has 1 aromatic heterocycles. The fourth-order valence-corrected chi connectivity index (χ4v) is 3.20. The number of ether oxygens (including phenoxy) is 1. The van der Waals surface area contributed by atoms with E-state index in [4.69, 9.17) is 4.74 Å². The second-order valence-corrected chi connectivity index (χ2v) is 7.51. The van der Waals surface area contributed by atoms with Crippen molar-refractivity contribution >= 4 is 24.4 Å². The molecule has 0 saturated heterocycles. The number of aldehydes is 1. The summed E-state index contributed by atoms with van der Waals surface area (Å²) in [7, 11) is 0. The minimum absolute atomic E-state index is 0.0523. The zero-order chi connectivity index (χ0) is 18.9. The molecule has 2 aliphatic rings. The van der Waals surface area contributed by atoms with Crippen LogP contribution in [0.25, 0.3) is 0 Å². The van der Waals surface area contributed by atoms with Gasteiger partial charge in [0.1, 0.15) is 11.4 Å². The van der Waals surface area contributed by atoms with Crippen molar-refractivity contribution in [2.75, 3.05) is 4.90 Å². The summed E-state index contributed by atoms with van der Waals surface area (Å²) in [5.41, 5.74) is -0.382. The van der Waals surface area contributed by atoms with Crippen molar-refractivity contribution in [3.05, 3.63) is 35.4 Å². The van der Waals surface area contributed by atoms with Gasteiger partial charge in [-0.05, 0) is 45.7 Å². The van der Waals surface area contributed by atoms with E-state index in [1.807, 2.05) is 6.08 Å². The summed E-state index contributed by atoms with van der Waals surface area (Å²) >= 11 is 0. The van der Waals surface area contributed by atoms with Crippen molar-refractivity contribution in [3.63, 3.8) is 0 Å². The number of hydrogen-bond donors (Lipinski definition) is 0. The molecular weight excluding hydrogens is 337 g/mol. The minimum Gasteiger partial charge on any atom is -0.443 e. The predicted molar refractivity (Wildman–Crippen MR) is 96.0 cm³/mol. The SMILES string of the molecule is CC(C)(C)OC(=O)N(C1=CC2CCCC2N=C1)c1ccc(C=O)c(F)n1. The number of rotatable bonds is 3. The fourth-order valence-electron chi connectivity index (χ4n) is 3.20. The number of allylic oxidation sites excluding steroid dienone is 1. The van der Waals surface area contributed by atoms with Gasteiger partial charge in [0.05, 0.1) is 17.3 Å². The van der Waals surface area contributed by atoms with Crippen LogP contribution in [0.1, 0.15) is 50.4 Å². The standard InChI is InChI=1S/C19H22FN3O3/c1-19(2,3)26-18(25)23(16-8-7-13(11-24)17(20)22-16)14-9-12-5-4-6-15(12)21-10-14/h7-12,15H,4-6H2,1-3H3. The maximum absolute atomic E-state index is 14.0. The second-order valence-electron chi connectivity index (χ2n) is 7.51. The Labute approximate surface area is 151 Å². The van der Waals surface area contributed by atoms with Crippen molar-refractivity contribution in [1.82, 2.24) is 4.98 Å². The van der Waals surface area contributed by atoms with Gasteiger partial charge in [0.15, 0.2) is 6.29 Å². The van der Waals surface area contributed by atoms with Gasteiger partial charge in [0, 0.05) is 12.1 Å². The number of carbonyl (C=O) groups excluding carboxylic acids is 2. The third kappa shape index (κ3) is 3.81. The van der Waals surface area contributed by atoms with Crippen molar-refractivity contribution in [2.24, 2.45) is 10.9 Å². The summed E-state index contributed by atoms with van der Waals surface area (Å²) in [6.45, 7) is 5.26. The molecule has 0 spiro atoms. The van der Waals surface area contributed by atoms with Crippen LogP contribution in [-0.4, -0.2) is 35.2 Å². The molecule has 3 rings (SSSR count). The summed E-state index contributed by atoms with van der Waals surface area (Å²) in [6, 6.07) is 2.95. The third-order valence-corrected chi connectivity index (χ3v) is 4.37. The lowest BCUT2D eigenvalue weighted by Gasteiger charge is -2.29. The lowest BCUT2D eigenvalue weighted by atomic mass is 10.00. The quantitative estimate of drug-likeness (QED) is 0.606. The number of halogens is 1. The van der Waals surface area contributed by atoms with Crippen LogP contribution in [0.3, 0.4) is 0 Å². The first-order valence-corrected chi connectivity index (χ1v) is 8.68. The largest absolute Gasteiger partial charge is 0.443 e. The molecular formula is C19H22FN3O3. The van der Waals surface area contributed by atoms with Gasteiger partial charge in [-0.3, -0.25) is 9.79 Å². The molecule has 6 nitrogen and oxygen atoms in total. The number of fused-ring (bicyclic) bond motifs is 1. The number of hydrogen-bond acceptors (Lipinski definition) is 5. The predicted octanol–water partition coefficient (Wildman–Crippen LogP) is 3.91. The van der Waals surface area contributed by atoms with E-state index < -0.39 is 17.6 Å². The number of aromatic nitrogens is 1. The van der Waals surface area contributed by atoms with E-state index in [0.717, 1.165) is 19.3 Å². The van der Waals surface area contributed by atoms with Crippen LogP contribution in [0.4, 0.5) is 15.0 Å². The lowest BCUT2D eigenvalue weighted by Crippen LogP contribution is -2.38. The molecule has 2 atom stereocenters. The van der Waals surface area contributed by atoms with Gasteiger partial charge in [0.25, 0.3) is 0 Å². The molecule has 0 bridgehead atoms. The van der Waals surface area contributed by atoms with E-state index in [2.05, 4.69) is 9.98 Å². The zero-order valence-electron chi connectivity index (χ0n) is 15.1.